The standard InChI is InChI=1S/C23H17ClFIO/c1-23(2,3)10-4-5-11-13(6-10)21-20-15(9-18(26)22(21)27)12-7-16(24)17(25)8-14(12)19(11)20/h4-9,19,27H,1-3H3. The highest BCUT2D eigenvalue weighted by atomic mass is 127. The second-order valence-corrected chi connectivity index (χ2v) is 9.95. The minimum Gasteiger partial charge on any atom is -0.506 e. The summed E-state index contributed by atoms with van der Waals surface area (Å²) in [7, 11) is 0. The van der Waals surface area contributed by atoms with Crippen LogP contribution in [0.1, 0.15) is 48.9 Å². The van der Waals surface area contributed by atoms with Crippen molar-refractivity contribution in [1.29, 1.82) is 0 Å². The van der Waals surface area contributed by atoms with E-state index in [9.17, 15) is 9.50 Å². The van der Waals surface area contributed by atoms with Crippen molar-refractivity contribution in [3.63, 3.8) is 0 Å². The fraction of sp³-hybridized carbons (Fsp3) is 0.217. The van der Waals surface area contributed by atoms with Crippen LogP contribution in [0.3, 0.4) is 0 Å². The van der Waals surface area contributed by atoms with E-state index in [2.05, 4.69) is 61.6 Å². The van der Waals surface area contributed by atoms with Crippen LogP contribution >= 0.6 is 34.2 Å². The summed E-state index contributed by atoms with van der Waals surface area (Å²) in [4.78, 5) is 0. The predicted molar refractivity (Wildman–Crippen MR) is 116 cm³/mol. The molecule has 136 valence electrons. The summed E-state index contributed by atoms with van der Waals surface area (Å²) in [6.45, 7) is 6.54. The summed E-state index contributed by atoms with van der Waals surface area (Å²) in [5.41, 5.74) is 8.30. The van der Waals surface area contributed by atoms with Gasteiger partial charge in [-0.25, -0.2) is 4.39 Å². The lowest BCUT2D eigenvalue weighted by Crippen LogP contribution is -2.11. The van der Waals surface area contributed by atoms with E-state index in [-0.39, 0.29) is 16.4 Å². The molecule has 2 aliphatic rings. The average Bonchev–Trinajstić information content (AvgIpc) is 3.08. The van der Waals surface area contributed by atoms with Gasteiger partial charge in [-0.1, -0.05) is 50.6 Å². The Labute approximate surface area is 176 Å². The maximum absolute atomic E-state index is 14.3. The minimum absolute atomic E-state index is 0.00925. The van der Waals surface area contributed by atoms with Gasteiger partial charge in [0, 0.05) is 11.5 Å². The van der Waals surface area contributed by atoms with Crippen molar-refractivity contribution in [1.82, 2.24) is 0 Å². The van der Waals surface area contributed by atoms with Gasteiger partial charge in [0.1, 0.15) is 11.6 Å². The molecule has 0 bridgehead atoms. The Morgan fingerprint density at radius 2 is 1.74 bits per heavy atom. The molecule has 0 amide bonds. The Morgan fingerprint density at radius 3 is 2.44 bits per heavy atom. The van der Waals surface area contributed by atoms with Crippen LogP contribution in [0.25, 0.3) is 22.3 Å². The normalized spacial score (nSPS) is 16.3. The molecular formula is C23H17ClFIO. The number of rotatable bonds is 0. The second-order valence-electron chi connectivity index (χ2n) is 8.38. The molecule has 1 nitrogen and oxygen atoms in total. The lowest BCUT2D eigenvalue weighted by atomic mass is 9.84. The molecule has 27 heavy (non-hydrogen) atoms. The third-order valence-corrected chi connectivity index (χ3v) is 6.89. The van der Waals surface area contributed by atoms with Gasteiger partial charge in [-0.05, 0) is 85.1 Å². The van der Waals surface area contributed by atoms with Crippen LogP contribution < -0.4 is 0 Å². The Kier molecular flexibility index (Phi) is 3.55. The van der Waals surface area contributed by atoms with Crippen LogP contribution in [0.15, 0.2) is 36.4 Å². The van der Waals surface area contributed by atoms with Crippen molar-refractivity contribution in [2.75, 3.05) is 0 Å². The number of hydrogen-bond acceptors (Lipinski definition) is 1. The molecule has 0 saturated carbocycles. The van der Waals surface area contributed by atoms with Gasteiger partial charge in [-0.3, -0.25) is 0 Å². The van der Waals surface area contributed by atoms with Crippen LogP contribution in [0.2, 0.25) is 5.02 Å². The largest absolute Gasteiger partial charge is 0.506 e. The Hall–Kier alpha value is -1.59. The van der Waals surface area contributed by atoms with E-state index in [1.165, 1.54) is 5.56 Å². The third-order valence-electron chi connectivity index (χ3n) is 5.78. The maximum Gasteiger partial charge on any atom is 0.142 e. The highest BCUT2D eigenvalue weighted by molar-refractivity contribution is 14.1. The topological polar surface area (TPSA) is 20.2 Å². The summed E-state index contributed by atoms with van der Waals surface area (Å²) in [5, 5.41) is 11.0. The average molecular weight is 491 g/mol. The molecule has 0 radical (unpaired) electrons. The fourth-order valence-electron chi connectivity index (χ4n) is 4.45. The number of phenolic OH excluding ortho intramolecular Hbond substituents is 1. The second kappa shape index (κ2) is 5.48. The Balaban J connectivity index is 1.89. The van der Waals surface area contributed by atoms with Crippen molar-refractivity contribution in [2.24, 2.45) is 0 Å². The lowest BCUT2D eigenvalue weighted by Gasteiger charge is -2.21. The van der Waals surface area contributed by atoms with E-state index in [4.69, 9.17) is 11.6 Å². The molecule has 0 spiro atoms. The summed E-state index contributed by atoms with van der Waals surface area (Å²) in [6, 6.07) is 11.7. The first-order valence-electron chi connectivity index (χ1n) is 8.88. The first-order chi connectivity index (χ1) is 12.7. The minimum atomic E-state index is -0.400. The molecule has 0 heterocycles. The van der Waals surface area contributed by atoms with Crippen LogP contribution in [-0.4, -0.2) is 5.11 Å². The number of benzene rings is 3. The summed E-state index contributed by atoms with van der Waals surface area (Å²) >= 11 is 8.25. The van der Waals surface area contributed by atoms with Crippen molar-refractivity contribution < 1.29 is 9.50 Å². The van der Waals surface area contributed by atoms with E-state index in [0.717, 1.165) is 42.5 Å². The molecule has 5 rings (SSSR count). The molecule has 0 saturated heterocycles. The lowest BCUT2D eigenvalue weighted by molar-refractivity contribution is 0.473. The van der Waals surface area contributed by atoms with Crippen molar-refractivity contribution in [2.45, 2.75) is 32.1 Å². The first kappa shape index (κ1) is 17.5. The molecule has 0 aliphatic heterocycles. The zero-order chi connectivity index (χ0) is 19.2. The molecule has 4 heteroatoms. The van der Waals surface area contributed by atoms with E-state index in [1.807, 2.05) is 6.07 Å². The van der Waals surface area contributed by atoms with Crippen molar-refractivity contribution in [3.8, 4) is 28.0 Å². The van der Waals surface area contributed by atoms with Gasteiger partial charge in [0.05, 0.1) is 8.59 Å². The molecule has 0 aromatic heterocycles. The van der Waals surface area contributed by atoms with Crippen molar-refractivity contribution in [3.05, 3.63) is 73.1 Å². The van der Waals surface area contributed by atoms with Crippen molar-refractivity contribution >= 4 is 34.2 Å². The predicted octanol–water partition coefficient (Wildman–Crippen LogP) is 7.23. The molecule has 3 aromatic carbocycles. The zero-order valence-corrected chi connectivity index (χ0v) is 18.0. The highest BCUT2D eigenvalue weighted by Crippen LogP contribution is 2.61. The van der Waals surface area contributed by atoms with Crippen LogP contribution in [0, 0.1) is 9.39 Å². The van der Waals surface area contributed by atoms with Gasteiger partial charge in [0.15, 0.2) is 0 Å². The number of halogens is 3. The van der Waals surface area contributed by atoms with E-state index in [0.29, 0.717) is 5.75 Å². The zero-order valence-electron chi connectivity index (χ0n) is 15.1. The quantitative estimate of drug-likeness (QED) is 0.227. The van der Waals surface area contributed by atoms with E-state index < -0.39 is 5.82 Å². The van der Waals surface area contributed by atoms with Gasteiger partial charge in [0.2, 0.25) is 0 Å². The summed E-state index contributed by atoms with van der Waals surface area (Å²) in [6.07, 6.45) is 0. The molecule has 3 aromatic rings. The monoisotopic (exact) mass is 490 g/mol. The van der Waals surface area contributed by atoms with E-state index in [1.54, 1.807) is 12.1 Å². The SMILES string of the molecule is CC(C)(C)c1ccc2c(c1)-c1c(O)c(I)cc3c1C2c1cc(F)c(Cl)cc1-3. The Morgan fingerprint density at radius 1 is 1.00 bits per heavy atom. The molecule has 1 atom stereocenters. The number of aromatic hydroxyl groups is 1. The first-order valence-corrected chi connectivity index (χ1v) is 10.3. The van der Waals surface area contributed by atoms with Gasteiger partial charge < -0.3 is 5.11 Å². The third kappa shape index (κ3) is 2.27. The van der Waals surface area contributed by atoms with E-state index >= 15 is 0 Å². The highest BCUT2D eigenvalue weighted by Gasteiger charge is 2.42. The van der Waals surface area contributed by atoms with Gasteiger partial charge in [0.25, 0.3) is 0 Å². The number of fused-ring (bicyclic) bond motifs is 6. The fourth-order valence-corrected chi connectivity index (χ4v) is 5.20. The number of phenols is 1. The summed E-state index contributed by atoms with van der Waals surface area (Å²) in [5.74, 6) is -0.143. The Bertz CT molecular complexity index is 1160. The molecule has 2 aliphatic carbocycles. The summed E-state index contributed by atoms with van der Waals surface area (Å²) < 4.78 is 15.1. The van der Waals surface area contributed by atoms with Gasteiger partial charge in [-0.15, -0.1) is 0 Å². The van der Waals surface area contributed by atoms with Gasteiger partial charge in [-0.2, -0.15) is 0 Å². The van der Waals surface area contributed by atoms with Crippen LogP contribution in [0.4, 0.5) is 4.39 Å². The smallest absolute Gasteiger partial charge is 0.142 e. The molecule has 1 N–H and O–H groups in total. The number of hydrogen-bond donors (Lipinski definition) is 1. The maximum atomic E-state index is 14.3. The molecule has 1 unspecified atom stereocenters. The molecule has 0 fully saturated rings. The van der Waals surface area contributed by atoms with Gasteiger partial charge >= 0.3 is 0 Å². The molecular weight excluding hydrogens is 474 g/mol. The van der Waals surface area contributed by atoms with Crippen LogP contribution in [0.5, 0.6) is 5.75 Å². The van der Waals surface area contributed by atoms with Crippen LogP contribution in [-0.2, 0) is 5.41 Å².